The fourth-order valence-corrected chi connectivity index (χ4v) is 1.03. The predicted molar refractivity (Wildman–Crippen MR) is 39.9 cm³/mol. The molecule has 0 fully saturated rings. The fraction of sp³-hybridized carbons (Fsp3) is 0.429. The summed E-state index contributed by atoms with van der Waals surface area (Å²) in [7, 11) is 1.29. The van der Waals surface area contributed by atoms with Gasteiger partial charge in [-0.15, -0.1) is 0 Å². The molecule has 0 amide bonds. The van der Waals surface area contributed by atoms with E-state index in [1.807, 2.05) is 0 Å². The summed E-state index contributed by atoms with van der Waals surface area (Å²) in [5.41, 5.74) is 0. The van der Waals surface area contributed by atoms with E-state index in [2.05, 4.69) is 4.74 Å². The molecule has 1 aliphatic rings. The quantitative estimate of drug-likeness (QED) is 0.463. The van der Waals surface area contributed by atoms with Crippen LogP contribution in [-0.4, -0.2) is 24.2 Å². The monoisotopic (exact) mass is 173 g/mol. The molecular weight excluding hydrogens is 165 g/mol. The van der Waals surface area contributed by atoms with E-state index in [0.29, 0.717) is 0 Å². The molecule has 0 spiro atoms. The first-order chi connectivity index (χ1) is 5.66. The summed E-state index contributed by atoms with van der Waals surface area (Å²) in [6.45, 7) is 0. The molecule has 1 aliphatic carbocycles. The molecule has 0 bridgehead atoms. The van der Waals surface area contributed by atoms with Gasteiger partial charge in [0.25, 0.3) is 0 Å². The van der Waals surface area contributed by atoms with Crippen molar-refractivity contribution >= 4 is 0 Å². The van der Waals surface area contributed by atoms with Crippen LogP contribution in [0.25, 0.3) is 0 Å². The van der Waals surface area contributed by atoms with Crippen molar-refractivity contribution < 1.29 is 14.1 Å². The van der Waals surface area contributed by atoms with Crippen LogP contribution in [0.3, 0.4) is 0 Å². The molecule has 12 heavy (non-hydrogen) atoms. The van der Waals surface area contributed by atoms with Gasteiger partial charge in [-0.2, -0.15) is 0 Å². The van der Waals surface area contributed by atoms with Gasteiger partial charge in [0.15, 0.2) is 11.9 Å². The van der Waals surface area contributed by atoms with Gasteiger partial charge in [0, 0.05) is 4.92 Å². The van der Waals surface area contributed by atoms with Crippen LogP contribution in [0.1, 0.15) is 0 Å². The molecule has 0 saturated carbocycles. The molecular formula is C7H8FNO3. The molecule has 66 valence electrons. The Labute approximate surface area is 68.5 Å². The summed E-state index contributed by atoms with van der Waals surface area (Å²) in [5.74, 6) is 0.0509. The standard InChI is InChI=1S/C7H8FNO3/c1-12-6-4-2-3-5(8)7(6)9(10)11/h2-5,7H,1H3. The Morgan fingerprint density at radius 2 is 2.42 bits per heavy atom. The summed E-state index contributed by atoms with van der Waals surface area (Å²) >= 11 is 0. The van der Waals surface area contributed by atoms with Crippen molar-refractivity contribution in [3.8, 4) is 0 Å². The van der Waals surface area contributed by atoms with Crippen molar-refractivity contribution in [3.05, 3.63) is 34.1 Å². The minimum absolute atomic E-state index is 0.0509. The van der Waals surface area contributed by atoms with Crippen LogP contribution < -0.4 is 0 Å². The highest BCUT2D eigenvalue weighted by Crippen LogP contribution is 2.19. The SMILES string of the molecule is COC1=CC=CC(F)C1[N+](=O)[O-]. The molecule has 0 aliphatic heterocycles. The number of nitro groups is 1. The number of ether oxygens (including phenoxy) is 1. The Balaban J connectivity index is 2.88. The maximum atomic E-state index is 12.9. The molecule has 0 aromatic rings. The van der Waals surface area contributed by atoms with E-state index in [-0.39, 0.29) is 5.76 Å². The van der Waals surface area contributed by atoms with Gasteiger partial charge < -0.3 is 4.74 Å². The largest absolute Gasteiger partial charge is 0.494 e. The Morgan fingerprint density at radius 1 is 1.75 bits per heavy atom. The summed E-state index contributed by atoms with van der Waals surface area (Å²) < 4.78 is 17.6. The van der Waals surface area contributed by atoms with Gasteiger partial charge in [-0.1, -0.05) is 6.08 Å². The van der Waals surface area contributed by atoms with E-state index in [4.69, 9.17) is 0 Å². The predicted octanol–water partition coefficient (Wildman–Crippen LogP) is 1.07. The fourth-order valence-electron chi connectivity index (χ4n) is 1.03. The Hall–Kier alpha value is -1.39. The second kappa shape index (κ2) is 3.34. The first-order valence-electron chi connectivity index (χ1n) is 3.36. The lowest BCUT2D eigenvalue weighted by atomic mass is 10.1. The van der Waals surface area contributed by atoms with Gasteiger partial charge in [-0.25, -0.2) is 4.39 Å². The van der Waals surface area contributed by atoms with Crippen LogP contribution in [0.5, 0.6) is 0 Å². The number of allylic oxidation sites excluding steroid dienone is 2. The lowest BCUT2D eigenvalue weighted by Crippen LogP contribution is -2.33. The van der Waals surface area contributed by atoms with E-state index in [1.54, 1.807) is 0 Å². The third kappa shape index (κ3) is 1.44. The molecule has 4 nitrogen and oxygen atoms in total. The zero-order chi connectivity index (χ0) is 9.14. The highest BCUT2D eigenvalue weighted by Gasteiger charge is 2.36. The first-order valence-corrected chi connectivity index (χ1v) is 3.36. The molecule has 0 radical (unpaired) electrons. The van der Waals surface area contributed by atoms with Crippen LogP contribution in [0, 0.1) is 10.1 Å². The zero-order valence-corrected chi connectivity index (χ0v) is 6.44. The number of alkyl halides is 1. The third-order valence-corrected chi connectivity index (χ3v) is 1.61. The lowest BCUT2D eigenvalue weighted by molar-refractivity contribution is -0.522. The molecule has 1 rings (SSSR count). The summed E-state index contributed by atoms with van der Waals surface area (Å²) in [6, 6.07) is -1.39. The van der Waals surface area contributed by atoms with E-state index < -0.39 is 17.1 Å². The lowest BCUT2D eigenvalue weighted by Gasteiger charge is -2.15. The second-order valence-electron chi connectivity index (χ2n) is 2.33. The maximum Gasteiger partial charge on any atom is 0.303 e. The number of nitrogens with zero attached hydrogens (tertiary/aromatic N) is 1. The highest BCUT2D eigenvalue weighted by molar-refractivity contribution is 5.21. The van der Waals surface area contributed by atoms with Crippen LogP contribution in [0.4, 0.5) is 4.39 Å². The van der Waals surface area contributed by atoms with E-state index in [0.717, 1.165) is 6.08 Å². The minimum atomic E-state index is -1.60. The Morgan fingerprint density at radius 3 is 2.83 bits per heavy atom. The van der Waals surface area contributed by atoms with Gasteiger partial charge in [0.05, 0.1) is 7.11 Å². The van der Waals surface area contributed by atoms with Crippen molar-refractivity contribution in [1.29, 1.82) is 0 Å². The smallest absolute Gasteiger partial charge is 0.303 e. The van der Waals surface area contributed by atoms with Gasteiger partial charge in [0.1, 0.15) is 0 Å². The Bertz CT molecular complexity index is 249. The normalized spacial score (nSPS) is 28.0. The number of hydrogen-bond donors (Lipinski definition) is 0. The van der Waals surface area contributed by atoms with Crippen molar-refractivity contribution in [2.24, 2.45) is 0 Å². The molecule has 5 heteroatoms. The molecule has 0 aromatic carbocycles. The van der Waals surface area contributed by atoms with Crippen molar-refractivity contribution in [2.75, 3.05) is 7.11 Å². The Kier molecular flexibility index (Phi) is 2.42. The van der Waals surface area contributed by atoms with Crippen molar-refractivity contribution in [1.82, 2.24) is 0 Å². The van der Waals surface area contributed by atoms with E-state index in [9.17, 15) is 14.5 Å². The van der Waals surface area contributed by atoms with Gasteiger partial charge in [-0.05, 0) is 12.2 Å². The first kappa shape index (κ1) is 8.70. The van der Waals surface area contributed by atoms with E-state index >= 15 is 0 Å². The zero-order valence-electron chi connectivity index (χ0n) is 6.44. The van der Waals surface area contributed by atoms with Crippen molar-refractivity contribution in [3.63, 3.8) is 0 Å². The van der Waals surface area contributed by atoms with Crippen molar-refractivity contribution in [2.45, 2.75) is 12.2 Å². The summed E-state index contributed by atoms with van der Waals surface area (Å²) in [4.78, 5) is 9.65. The average molecular weight is 173 g/mol. The maximum absolute atomic E-state index is 12.9. The number of halogens is 1. The molecule has 0 saturated heterocycles. The van der Waals surface area contributed by atoms with E-state index in [1.165, 1.54) is 19.3 Å². The molecule has 0 aromatic heterocycles. The van der Waals surface area contributed by atoms with Crippen LogP contribution in [0.2, 0.25) is 0 Å². The van der Waals surface area contributed by atoms with Crippen LogP contribution in [-0.2, 0) is 4.74 Å². The number of methoxy groups -OCH3 is 1. The average Bonchev–Trinajstić information content (AvgIpc) is 2.03. The minimum Gasteiger partial charge on any atom is -0.494 e. The summed E-state index contributed by atoms with van der Waals surface area (Å²) in [5, 5.41) is 10.3. The molecule has 0 N–H and O–H groups in total. The van der Waals surface area contributed by atoms with Gasteiger partial charge in [0.2, 0.25) is 0 Å². The molecule has 2 atom stereocenters. The van der Waals surface area contributed by atoms with Crippen LogP contribution >= 0.6 is 0 Å². The number of hydrogen-bond acceptors (Lipinski definition) is 3. The van der Waals surface area contributed by atoms with Crippen LogP contribution in [0.15, 0.2) is 24.0 Å². The highest BCUT2D eigenvalue weighted by atomic mass is 19.1. The third-order valence-electron chi connectivity index (χ3n) is 1.61. The second-order valence-corrected chi connectivity index (χ2v) is 2.33. The van der Waals surface area contributed by atoms with Gasteiger partial charge >= 0.3 is 6.04 Å². The topological polar surface area (TPSA) is 52.4 Å². The summed E-state index contributed by atoms with van der Waals surface area (Å²) in [6.07, 6.45) is 2.34. The number of rotatable bonds is 2. The molecule has 2 unspecified atom stereocenters. The molecule has 0 heterocycles. The van der Waals surface area contributed by atoms with Gasteiger partial charge in [-0.3, -0.25) is 10.1 Å².